The molecule has 0 aliphatic rings. The Morgan fingerprint density at radius 1 is 1.11 bits per heavy atom. The number of benzene rings is 2. The minimum atomic E-state index is -1.08. The molecule has 140 valence electrons. The minimum absolute atomic E-state index is 0.0868. The average Bonchev–Trinajstić information content (AvgIpc) is 2.72. The van der Waals surface area contributed by atoms with E-state index < -0.39 is 5.97 Å². The van der Waals surface area contributed by atoms with Crippen molar-refractivity contribution in [1.29, 1.82) is 0 Å². The summed E-state index contributed by atoms with van der Waals surface area (Å²) in [6.45, 7) is 0.331. The molecule has 0 atom stereocenters. The highest BCUT2D eigenvalue weighted by Crippen LogP contribution is 2.21. The van der Waals surface area contributed by atoms with Gasteiger partial charge in [0.2, 0.25) is 0 Å². The molecule has 0 spiro atoms. The Morgan fingerprint density at radius 2 is 1.93 bits per heavy atom. The van der Waals surface area contributed by atoms with Gasteiger partial charge in [-0.05, 0) is 30.3 Å². The van der Waals surface area contributed by atoms with Gasteiger partial charge < -0.3 is 14.4 Å². The van der Waals surface area contributed by atoms with Crippen LogP contribution < -0.4 is 10.3 Å². The number of rotatable bonds is 5. The number of hydrogen-bond donors (Lipinski definition) is 1. The van der Waals surface area contributed by atoms with Gasteiger partial charge in [0.1, 0.15) is 5.75 Å². The summed E-state index contributed by atoms with van der Waals surface area (Å²) >= 11 is 0. The largest absolute Gasteiger partial charge is 0.497 e. The molecule has 6 nitrogen and oxygen atoms in total. The van der Waals surface area contributed by atoms with E-state index in [0.717, 1.165) is 16.6 Å². The van der Waals surface area contributed by atoms with Crippen LogP contribution >= 0.6 is 0 Å². The predicted molar refractivity (Wildman–Crippen MR) is 107 cm³/mol. The van der Waals surface area contributed by atoms with Crippen LogP contribution in [-0.2, 0) is 13.0 Å². The predicted octanol–water partition coefficient (Wildman–Crippen LogP) is 3.50. The fraction of sp³-hybridized carbons (Fsp3) is 0.136. The summed E-state index contributed by atoms with van der Waals surface area (Å²) in [6, 6.07) is 16.6. The van der Waals surface area contributed by atoms with Crippen LogP contribution in [0.25, 0.3) is 21.7 Å². The summed E-state index contributed by atoms with van der Waals surface area (Å²) in [4.78, 5) is 29.2. The van der Waals surface area contributed by atoms with Crippen molar-refractivity contribution in [3.8, 4) is 5.75 Å². The summed E-state index contributed by atoms with van der Waals surface area (Å²) in [7, 11) is 1.51. The number of aromatic carboxylic acids is 1. The fourth-order valence-corrected chi connectivity index (χ4v) is 3.32. The third-order valence-corrected chi connectivity index (χ3v) is 4.79. The number of carboxylic acids is 1. The maximum atomic E-state index is 12.9. The Morgan fingerprint density at radius 3 is 2.71 bits per heavy atom. The van der Waals surface area contributed by atoms with Crippen LogP contribution in [-0.4, -0.2) is 27.7 Å². The molecule has 1 N–H and O–H groups in total. The van der Waals surface area contributed by atoms with Crippen molar-refractivity contribution in [2.45, 2.75) is 13.0 Å². The van der Waals surface area contributed by atoms with E-state index in [2.05, 4.69) is 4.98 Å². The van der Waals surface area contributed by atoms with Crippen LogP contribution in [0.5, 0.6) is 5.75 Å². The molecular weight excluding hydrogens is 356 g/mol. The van der Waals surface area contributed by atoms with Gasteiger partial charge in [-0.1, -0.05) is 24.3 Å². The molecule has 0 fully saturated rings. The van der Waals surface area contributed by atoms with Gasteiger partial charge >= 0.3 is 5.97 Å². The Bertz CT molecular complexity index is 1260. The molecule has 6 heteroatoms. The van der Waals surface area contributed by atoms with Gasteiger partial charge in [-0.25, -0.2) is 4.79 Å². The van der Waals surface area contributed by atoms with Crippen LogP contribution in [0.3, 0.4) is 0 Å². The third kappa shape index (κ3) is 3.20. The number of aryl methyl sites for hydroxylation is 2. The van der Waals surface area contributed by atoms with E-state index in [1.54, 1.807) is 18.2 Å². The molecule has 2 aromatic carbocycles. The number of ether oxygens (including phenoxy) is 1. The van der Waals surface area contributed by atoms with Crippen molar-refractivity contribution in [2.75, 3.05) is 7.11 Å². The zero-order valence-electron chi connectivity index (χ0n) is 15.3. The molecule has 0 saturated heterocycles. The number of para-hydroxylation sites is 1. The molecule has 0 radical (unpaired) electrons. The first kappa shape index (κ1) is 17.7. The lowest BCUT2D eigenvalue weighted by molar-refractivity contribution is 0.0698. The van der Waals surface area contributed by atoms with Gasteiger partial charge in [-0.2, -0.15) is 0 Å². The van der Waals surface area contributed by atoms with Gasteiger partial charge in [-0.15, -0.1) is 0 Å². The zero-order valence-corrected chi connectivity index (χ0v) is 15.3. The molecule has 0 bridgehead atoms. The van der Waals surface area contributed by atoms with Gasteiger partial charge in [0.25, 0.3) is 5.56 Å². The molecule has 0 saturated carbocycles. The monoisotopic (exact) mass is 374 g/mol. The molecule has 4 aromatic rings. The summed E-state index contributed by atoms with van der Waals surface area (Å²) in [5, 5.41) is 11.3. The molecule has 2 heterocycles. The molecular formula is C22H18N2O4. The number of hydrogen-bond acceptors (Lipinski definition) is 4. The molecule has 28 heavy (non-hydrogen) atoms. The first-order valence-electron chi connectivity index (χ1n) is 8.86. The minimum Gasteiger partial charge on any atom is -0.497 e. The standard InChI is InChI=1S/C22H18N2O4/c1-28-16-8-9-17-18(12-16)21(25)24(13-19(17)22(26)27)11-10-15-7-6-14-4-2-3-5-20(14)23-15/h2-9,12-13H,10-11H2,1H3,(H,26,27). The second kappa shape index (κ2) is 7.15. The van der Waals surface area contributed by atoms with E-state index in [1.165, 1.54) is 17.9 Å². The van der Waals surface area contributed by atoms with Crippen LogP contribution in [0.4, 0.5) is 0 Å². The highest BCUT2D eigenvalue weighted by atomic mass is 16.5. The third-order valence-electron chi connectivity index (χ3n) is 4.79. The number of nitrogens with zero attached hydrogens (tertiary/aromatic N) is 2. The number of carboxylic acid groups (broad SMARTS) is 1. The summed E-state index contributed by atoms with van der Waals surface area (Å²) in [5.41, 5.74) is 1.57. The second-order valence-corrected chi connectivity index (χ2v) is 6.50. The van der Waals surface area contributed by atoms with Gasteiger partial charge in [0, 0.05) is 35.6 Å². The summed E-state index contributed by atoms with van der Waals surface area (Å²) < 4.78 is 6.61. The first-order valence-corrected chi connectivity index (χ1v) is 8.86. The summed E-state index contributed by atoms with van der Waals surface area (Å²) in [6.07, 6.45) is 1.92. The zero-order chi connectivity index (χ0) is 19.7. The van der Waals surface area contributed by atoms with Crippen LogP contribution in [0.2, 0.25) is 0 Å². The van der Waals surface area contributed by atoms with E-state index in [1.807, 2.05) is 36.4 Å². The van der Waals surface area contributed by atoms with Crippen molar-refractivity contribution < 1.29 is 14.6 Å². The van der Waals surface area contributed by atoms with Gasteiger partial charge in [0.15, 0.2) is 0 Å². The van der Waals surface area contributed by atoms with Crippen LogP contribution in [0, 0.1) is 0 Å². The quantitative estimate of drug-likeness (QED) is 0.578. The fourth-order valence-electron chi connectivity index (χ4n) is 3.32. The van der Waals surface area contributed by atoms with E-state index in [-0.39, 0.29) is 11.1 Å². The number of fused-ring (bicyclic) bond motifs is 2. The summed E-state index contributed by atoms with van der Waals surface area (Å²) in [5.74, 6) is -0.567. The van der Waals surface area contributed by atoms with Crippen LogP contribution in [0.1, 0.15) is 16.1 Å². The Hall–Kier alpha value is -3.67. The smallest absolute Gasteiger partial charge is 0.337 e. The van der Waals surface area contributed by atoms with Crippen molar-refractivity contribution in [2.24, 2.45) is 0 Å². The molecule has 2 aromatic heterocycles. The van der Waals surface area contributed by atoms with Crippen molar-refractivity contribution >= 4 is 27.6 Å². The highest BCUT2D eigenvalue weighted by Gasteiger charge is 2.15. The maximum absolute atomic E-state index is 12.9. The SMILES string of the molecule is COc1ccc2c(C(=O)O)cn(CCc3ccc4ccccc4n3)c(=O)c2c1. The van der Waals surface area contributed by atoms with E-state index in [0.29, 0.717) is 29.5 Å². The number of methoxy groups -OCH3 is 1. The topological polar surface area (TPSA) is 81.4 Å². The normalized spacial score (nSPS) is 11.0. The van der Waals surface area contributed by atoms with Gasteiger partial charge in [-0.3, -0.25) is 9.78 Å². The Kier molecular flexibility index (Phi) is 4.53. The molecule has 0 amide bonds. The van der Waals surface area contributed by atoms with Crippen molar-refractivity contribution in [3.05, 3.63) is 82.4 Å². The first-order chi connectivity index (χ1) is 13.6. The highest BCUT2D eigenvalue weighted by molar-refractivity contribution is 6.03. The van der Waals surface area contributed by atoms with E-state index in [9.17, 15) is 14.7 Å². The lowest BCUT2D eigenvalue weighted by atomic mass is 10.1. The van der Waals surface area contributed by atoms with Gasteiger partial charge in [0.05, 0.1) is 23.6 Å². The number of aromatic nitrogens is 2. The van der Waals surface area contributed by atoms with E-state index >= 15 is 0 Å². The second-order valence-electron chi connectivity index (χ2n) is 6.50. The molecule has 4 rings (SSSR count). The molecule has 0 aliphatic carbocycles. The van der Waals surface area contributed by atoms with Crippen LogP contribution in [0.15, 0.2) is 65.6 Å². The van der Waals surface area contributed by atoms with Crippen molar-refractivity contribution in [1.82, 2.24) is 9.55 Å². The Labute approximate surface area is 160 Å². The average molecular weight is 374 g/mol. The Balaban J connectivity index is 1.73. The maximum Gasteiger partial charge on any atom is 0.337 e. The molecule has 0 unspecified atom stereocenters. The van der Waals surface area contributed by atoms with Crippen molar-refractivity contribution in [3.63, 3.8) is 0 Å². The lowest BCUT2D eigenvalue weighted by Gasteiger charge is -2.11. The number of pyridine rings is 2. The molecule has 0 aliphatic heterocycles. The van der Waals surface area contributed by atoms with E-state index in [4.69, 9.17) is 4.74 Å². The number of carbonyl (C=O) groups is 1. The lowest BCUT2D eigenvalue weighted by Crippen LogP contribution is -2.23.